The predicted molar refractivity (Wildman–Crippen MR) is 150 cm³/mol. The molecule has 2 aliphatic carbocycles. The van der Waals surface area contributed by atoms with Crippen LogP contribution < -0.4 is 11.1 Å². The molecule has 3 aliphatic rings. The second-order valence-electron chi connectivity index (χ2n) is 11.3. The van der Waals surface area contributed by atoms with Crippen molar-refractivity contribution < 1.29 is 18.7 Å². The smallest absolute Gasteiger partial charge is 0.410 e. The zero-order valence-electron chi connectivity index (χ0n) is 22.4. The highest BCUT2D eigenvalue weighted by atomic mass is 19.1. The van der Waals surface area contributed by atoms with Crippen LogP contribution in [-0.2, 0) is 15.1 Å². The SMILES string of the molecule is N[C@]1(c2ccc(-c3nnc(NC(=O)CC4CCC(N5CCOC5=O)CC4)cc3-c3ccccc3)cc2)C[C@H](F)C1. The molecule has 0 atom stereocenters. The molecule has 2 amide bonds. The van der Waals surface area contributed by atoms with Gasteiger partial charge in [-0.25, -0.2) is 9.18 Å². The van der Waals surface area contributed by atoms with Crippen molar-refractivity contribution in [2.24, 2.45) is 11.7 Å². The van der Waals surface area contributed by atoms with Gasteiger partial charge in [0.05, 0.1) is 6.54 Å². The summed E-state index contributed by atoms with van der Waals surface area (Å²) in [6.45, 7) is 1.12. The van der Waals surface area contributed by atoms with Crippen LogP contribution in [-0.4, -0.2) is 52.5 Å². The van der Waals surface area contributed by atoms with Gasteiger partial charge in [-0.05, 0) is 48.8 Å². The molecule has 3 N–H and O–H groups in total. The molecule has 0 unspecified atom stereocenters. The van der Waals surface area contributed by atoms with Gasteiger partial charge in [-0.15, -0.1) is 10.2 Å². The van der Waals surface area contributed by atoms with Crippen molar-refractivity contribution in [3.63, 3.8) is 0 Å². The number of halogens is 1. The quantitative estimate of drug-likeness (QED) is 0.411. The summed E-state index contributed by atoms with van der Waals surface area (Å²) >= 11 is 0. The normalized spacial score (nSPS) is 26.2. The zero-order valence-corrected chi connectivity index (χ0v) is 22.4. The van der Waals surface area contributed by atoms with Crippen molar-refractivity contribution in [1.82, 2.24) is 15.1 Å². The third-order valence-electron chi connectivity index (χ3n) is 8.57. The van der Waals surface area contributed by atoms with E-state index in [2.05, 4.69) is 15.5 Å². The molecule has 208 valence electrons. The topological polar surface area (TPSA) is 110 Å². The van der Waals surface area contributed by atoms with E-state index >= 15 is 0 Å². The highest BCUT2D eigenvalue weighted by Gasteiger charge is 2.42. The molecule has 1 saturated heterocycles. The minimum atomic E-state index is -0.839. The number of carbonyl (C=O) groups excluding carboxylic acids is 2. The van der Waals surface area contributed by atoms with Crippen LogP contribution in [0.5, 0.6) is 0 Å². The molecule has 0 radical (unpaired) electrons. The molecule has 8 nitrogen and oxygen atoms in total. The lowest BCUT2D eigenvalue weighted by Gasteiger charge is -2.41. The highest BCUT2D eigenvalue weighted by molar-refractivity contribution is 5.91. The second kappa shape index (κ2) is 11.0. The van der Waals surface area contributed by atoms with Crippen molar-refractivity contribution in [3.8, 4) is 22.4 Å². The van der Waals surface area contributed by atoms with Crippen LogP contribution >= 0.6 is 0 Å². The fraction of sp³-hybridized carbons (Fsp3) is 0.419. The number of nitrogens with zero attached hydrogens (tertiary/aromatic N) is 3. The lowest BCUT2D eigenvalue weighted by Crippen LogP contribution is -2.50. The Bertz CT molecular complexity index is 1370. The first-order chi connectivity index (χ1) is 19.4. The number of nitrogens with two attached hydrogens (primary N) is 1. The maximum Gasteiger partial charge on any atom is 0.410 e. The molecule has 3 fully saturated rings. The number of cyclic esters (lactones) is 1. The maximum absolute atomic E-state index is 13.5. The molecule has 9 heteroatoms. The van der Waals surface area contributed by atoms with Gasteiger partial charge in [0.1, 0.15) is 18.5 Å². The summed E-state index contributed by atoms with van der Waals surface area (Å²) in [5.74, 6) is 0.583. The molecular weight excluding hydrogens is 509 g/mol. The maximum atomic E-state index is 13.5. The van der Waals surface area contributed by atoms with Crippen molar-refractivity contribution in [2.75, 3.05) is 18.5 Å². The van der Waals surface area contributed by atoms with Gasteiger partial charge in [-0.2, -0.15) is 0 Å². The van der Waals surface area contributed by atoms with Crippen LogP contribution in [0.15, 0.2) is 60.7 Å². The first-order valence-electron chi connectivity index (χ1n) is 14.1. The van der Waals surface area contributed by atoms with Gasteiger partial charge in [-0.3, -0.25) is 4.79 Å². The summed E-state index contributed by atoms with van der Waals surface area (Å²) in [6, 6.07) is 19.7. The summed E-state index contributed by atoms with van der Waals surface area (Å²) in [5.41, 5.74) is 10.0. The molecule has 40 heavy (non-hydrogen) atoms. The van der Waals surface area contributed by atoms with E-state index in [4.69, 9.17) is 10.5 Å². The molecule has 3 aromatic rings. The van der Waals surface area contributed by atoms with Crippen molar-refractivity contribution >= 4 is 17.8 Å². The Morgan fingerprint density at radius 1 is 1.02 bits per heavy atom. The molecular formula is C31H34FN5O3. The number of anilines is 1. The number of alkyl halides is 1. The largest absolute Gasteiger partial charge is 0.448 e. The second-order valence-corrected chi connectivity index (χ2v) is 11.3. The molecule has 0 spiro atoms. The average Bonchev–Trinajstić information content (AvgIpc) is 3.39. The number of hydrogen-bond acceptors (Lipinski definition) is 6. The number of carbonyl (C=O) groups is 2. The Morgan fingerprint density at radius 3 is 2.40 bits per heavy atom. The van der Waals surface area contributed by atoms with E-state index in [1.54, 1.807) is 0 Å². The van der Waals surface area contributed by atoms with E-state index in [0.29, 0.717) is 43.9 Å². The van der Waals surface area contributed by atoms with Crippen LogP contribution in [0.3, 0.4) is 0 Å². The van der Waals surface area contributed by atoms with Crippen LogP contribution in [0.25, 0.3) is 22.4 Å². The molecule has 2 saturated carbocycles. The number of ether oxygens (including phenoxy) is 1. The first kappa shape index (κ1) is 26.4. The fourth-order valence-electron chi connectivity index (χ4n) is 6.28. The standard InChI is InChI=1S/C31H34FN5O3/c32-24-18-31(33,19-24)23-10-8-22(9-11-23)29-26(21-4-2-1-3-5-21)17-27(35-36-29)34-28(38)16-20-6-12-25(13-7-20)37-14-15-40-30(37)39/h1-5,8-11,17,20,24-25H,6-7,12-16,18-19,33H2,(H,34,35,38)/t20?,24-,25?,31+. The fourth-order valence-corrected chi connectivity index (χ4v) is 6.28. The third kappa shape index (κ3) is 5.43. The van der Waals surface area contributed by atoms with E-state index in [-0.39, 0.29) is 24.0 Å². The molecule has 1 aliphatic heterocycles. The van der Waals surface area contributed by atoms with Crippen molar-refractivity contribution in [1.29, 1.82) is 0 Å². The minimum Gasteiger partial charge on any atom is -0.448 e. The van der Waals surface area contributed by atoms with Gasteiger partial charge in [0, 0.05) is 42.0 Å². The Balaban J connectivity index is 1.15. The predicted octanol–water partition coefficient (Wildman–Crippen LogP) is 5.44. The van der Waals surface area contributed by atoms with E-state index in [9.17, 15) is 14.0 Å². The third-order valence-corrected chi connectivity index (χ3v) is 8.57. The van der Waals surface area contributed by atoms with Crippen molar-refractivity contribution in [2.45, 2.75) is 62.7 Å². The van der Waals surface area contributed by atoms with Gasteiger partial charge >= 0.3 is 6.09 Å². The summed E-state index contributed by atoms with van der Waals surface area (Å²) in [6.07, 6.45) is 3.59. The lowest BCUT2D eigenvalue weighted by atomic mass is 9.71. The van der Waals surface area contributed by atoms with E-state index in [1.807, 2.05) is 65.6 Å². The summed E-state index contributed by atoms with van der Waals surface area (Å²) in [5, 5.41) is 11.8. The molecule has 0 bridgehead atoms. The zero-order chi connectivity index (χ0) is 27.7. The monoisotopic (exact) mass is 543 g/mol. The van der Waals surface area contributed by atoms with E-state index in [0.717, 1.165) is 47.9 Å². The van der Waals surface area contributed by atoms with Crippen LogP contribution in [0.2, 0.25) is 0 Å². The van der Waals surface area contributed by atoms with Crippen LogP contribution in [0.1, 0.15) is 50.5 Å². The van der Waals surface area contributed by atoms with Gasteiger partial charge in [0.2, 0.25) is 5.91 Å². The molecule has 1 aromatic heterocycles. The van der Waals surface area contributed by atoms with Crippen molar-refractivity contribution in [3.05, 3.63) is 66.2 Å². The van der Waals surface area contributed by atoms with E-state index < -0.39 is 11.7 Å². The van der Waals surface area contributed by atoms with Gasteiger partial charge < -0.3 is 20.7 Å². The summed E-state index contributed by atoms with van der Waals surface area (Å²) in [4.78, 5) is 26.7. The Hall–Kier alpha value is -3.85. The Kier molecular flexibility index (Phi) is 7.23. The van der Waals surface area contributed by atoms with Crippen LogP contribution in [0.4, 0.5) is 15.0 Å². The number of amides is 2. The van der Waals surface area contributed by atoms with Gasteiger partial charge in [0.15, 0.2) is 5.82 Å². The first-order valence-corrected chi connectivity index (χ1v) is 14.1. The number of benzene rings is 2. The molecule has 6 rings (SSSR count). The minimum absolute atomic E-state index is 0.0886. The van der Waals surface area contributed by atoms with Gasteiger partial charge in [0.25, 0.3) is 0 Å². The van der Waals surface area contributed by atoms with E-state index in [1.165, 1.54) is 0 Å². The van der Waals surface area contributed by atoms with Crippen LogP contribution in [0, 0.1) is 5.92 Å². The summed E-state index contributed by atoms with van der Waals surface area (Å²) < 4.78 is 18.6. The Labute approximate surface area is 233 Å². The number of nitrogens with one attached hydrogen (secondary N) is 1. The molecule has 2 aromatic carbocycles. The number of hydrogen-bond donors (Lipinski definition) is 2. The average molecular weight is 544 g/mol. The lowest BCUT2D eigenvalue weighted by molar-refractivity contribution is -0.117. The highest BCUT2D eigenvalue weighted by Crippen LogP contribution is 2.42. The number of rotatable bonds is 7. The number of aromatic nitrogens is 2. The van der Waals surface area contributed by atoms with Gasteiger partial charge in [-0.1, -0.05) is 54.6 Å². The Morgan fingerprint density at radius 2 is 1.75 bits per heavy atom. The molecule has 2 heterocycles. The summed E-state index contributed by atoms with van der Waals surface area (Å²) in [7, 11) is 0.